The fraction of sp³-hybridized carbons (Fsp3) is 0.500. The highest BCUT2D eigenvalue weighted by atomic mass is 16.7. The van der Waals surface area contributed by atoms with E-state index in [0.29, 0.717) is 0 Å². The molecule has 0 aromatic heterocycles. The van der Waals surface area contributed by atoms with Crippen LogP contribution in [0.4, 0.5) is 0 Å². The number of esters is 3. The minimum atomic E-state index is -0.972. The SMILES string of the molecule is CC(=O)OC[C@H]1O[C@@H](OCc2ccccc2)[C@H](OC(C)=O)[C@@H]1OC(C)=O. The molecular formula is C18H22O8. The molecule has 1 saturated heterocycles. The lowest BCUT2D eigenvalue weighted by molar-refractivity contribution is -0.194. The van der Waals surface area contributed by atoms with Gasteiger partial charge in [-0.2, -0.15) is 0 Å². The van der Waals surface area contributed by atoms with Gasteiger partial charge in [-0.25, -0.2) is 0 Å². The van der Waals surface area contributed by atoms with Gasteiger partial charge in [0.25, 0.3) is 0 Å². The lowest BCUT2D eigenvalue weighted by atomic mass is 10.1. The first-order valence-corrected chi connectivity index (χ1v) is 8.15. The molecule has 0 spiro atoms. The van der Waals surface area contributed by atoms with Crippen molar-refractivity contribution in [3.05, 3.63) is 35.9 Å². The topological polar surface area (TPSA) is 97.4 Å². The zero-order valence-corrected chi connectivity index (χ0v) is 14.9. The van der Waals surface area contributed by atoms with Gasteiger partial charge in [0.2, 0.25) is 0 Å². The van der Waals surface area contributed by atoms with Crippen LogP contribution in [0, 0.1) is 0 Å². The number of benzene rings is 1. The van der Waals surface area contributed by atoms with Crippen molar-refractivity contribution in [1.29, 1.82) is 0 Å². The molecule has 8 heteroatoms. The fourth-order valence-electron chi connectivity index (χ4n) is 2.56. The molecule has 0 radical (unpaired) electrons. The Balaban J connectivity index is 2.13. The normalized spacial score (nSPS) is 24.7. The van der Waals surface area contributed by atoms with E-state index in [1.807, 2.05) is 30.3 Å². The maximum Gasteiger partial charge on any atom is 0.303 e. The molecule has 0 N–H and O–H groups in total. The molecule has 1 aromatic carbocycles. The number of ether oxygens (including phenoxy) is 5. The second-order valence-electron chi connectivity index (χ2n) is 5.79. The van der Waals surface area contributed by atoms with Gasteiger partial charge in [-0.1, -0.05) is 30.3 Å². The molecule has 1 heterocycles. The summed E-state index contributed by atoms with van der Waals surface area (Å²) in [4.78, 5) is 34.0. The molecule has 1 aromatic rings. The van der Waals surface area contributed by atoms with Crippen molar-refractivity contribution in [3.8, 4) is 0 Å². The molecular weight excluding hydrogens is 344 g/mol. The van der Waals surface area contributed by atoms with E-state index in [2.05, 4.69) is 0 Å². The van der Waals surface area contributed by atoms with Crippen molar-refractivity contribution in [1.82, 2.24) is 0 Å². The van der Waals surface area contributed by atoms with Gasteiger partial charge < -0.3 is 23.7 Å². The lowest BCUT2D eigenvalue weighted by Crippen LogP contribution is -2.41. The summed E-state index contributed by atoms with van der Waals surface area (Å²) < 4.78 is 26.9. The maximum atomic E-state index is 11.5. The zero-order chi connectivity index (χ0) is 19.1. The van der Waals surface area contributed by atoms with Crippen LogP contribution >= 0.6 is 0 Å². The molecule has 0 aliphatic carbocycles. The van der Waals surface area contributed by atoms with Crippen LogP contribution in [0.3, 0.4) is 0 Å². The summed E-state index contributed by atoms with van der Waals surface area (Å²) in [5.41, 5.74) is 0.894. The number of carbonyl (C=O) groups is 3. The largest absolute Gasteiger partial charge is 0.463 e. The lowest BCUT2D eigenvalue weighted by Gasteiger charge is -2.23. The second-order valence-corrected chi connectivity index (χ2v) is 5.79. The monoisotopic (exact) mass is 366 g/mol. The quantitative estimate of drug-likeness (QED) is 0.527. The molecule has 0 unspecified atom stereocenters. The molecule has 4 atom stereocenters. The maximum absolute atomic E-state index is 11.5. The van der Waals surface area contributed by atoms with Gasteiger partial charge in [-0.15, -0.1) is 0 Å². The van der Waals surface area contributed by atoms with Gasteiger partial charge in [0.15, 0.2) is 18.5 Å². The second kappa shape index (κ2) is 9.30. The summed E-state index contributed by atoms with van der Waals surface area (Å²) in [5.74, 6) is -1.66. The average Bonchev–Trinajstić information content (AvgIpc) is 2.88. The molecule has 1 fully saturated rings. The summed E-state index contributed by atoms with van der Waals surface area (Å²) in [6.07, 6.45) is -3.70. The van der Waals surface area contributed by atoms with Gasteiger partial charge in [0.05, 0.1) is 6.61 Å². The molecule has 26 heavy (non-hydrogen) atoms. The Morgan fingerprint density at radius 3 is 2.12 bits per heavy atom. The molecule has 2 rings (SSSR count). The van der Waals surface area contributed by atoms with Crippen molar-refractivity contribution in [2.45, 2.75) is 52.0 Å². The van der Waals surface area contributed by atoms with E-state index >= 15 is 0 Å². The average molecular weight is 366 g/mol. The third kappa shape index (κ3) is 5.82. The third-order valence-corrected chi connectivity index (χ3v) is 3.58. The van der Waals surface area contributed by atoms with E-state index in [4.69, 9.17) is 23.7 Å². The van der Waals surface area contributed by atoms with E-state index < -0.39 is 42.5 Å². The highest BCUT2D eigenvalue weighted by molar-refractivity contribution is 5.67. The standard InChI is InChI=1S/C18H22O8/c1-11(19)22-10-15-16(24-12(2)20)17(25-13(3)21)18(26-15)23-9-14-7-5-4-6-8-14/h4-8,15-18H,9-10H2,1-3H3/t15-,16-,17-,18-/m1/s1. The van der Waals surface area contributed by atoms with E-state index in [-0.39, 0.29) is 13.2 Å². The van der Waals surface area contributed by atoms with Crippen molar-refractivity contribution >= 4 is 17.9 Å². The Kier molecular flexibility index (Phi) is 7.11. The Morgan fingerprint density at radius 2 is 1.54 bits per heavy atom. The molecule has 8 nitrogen and oxygen atoms in total. The van der Waals surface area contributed by atoms with Gasteiger partial charge >= 0.3 is 17.9 Å². The van der Waals surface area contributed by atoms with E-state index in [0.717, 1.165) is 5.56 Å². The van der Waals surface area contributed by atoms with Crippen LogP contribution < -0.4 is 0 Å². The minimum Gasteiger partial charge on any atom is -0.463 e. The van der Waals surface area contributed by atoms with Crippen molar-refractivity contribution in [2.75, 3.05) is 6.61 Å². The molecule has 1 aliphatic rings. The van der Waals surface area contributed by atoms with E-state index in [1.54, 1.807) is 0 Å². The van der Waals surface area contributed by atoms with Crippen LogP contribution in [0.5, 0.6) is 0 Å². The van der Waals surface area contributed by atoms with E-state index in [1.165, 1.54) is 20.8 Å². The van der Waals surface area contributed by atoms with Gasteiger partial charge in [-0.05, 0) is 5.56 Å². The smallest absolute Gasteiger partial charge is 0.303 e. The molecule has 142 valence electrons. The van der Waals surface area contributed by atoms with Gasteiger partial charge in [0.1, 0.15) is 12.7 Å². The summed E-state index contributed by atoms with van der Waals surface area (Å²) in [7, 11) is 0. The Labute approximate surface area is 151 Å². The van der Waals surface area contributed by atoms with Crippen molar-refractivity contribution < 1.29 is 38.1 Å². The number of hydrogen-bond acceptors (Lipinski definition) is 8. The number of rotatable bonds is 7. The fourth-order valence-corrected chi connectivity index (χ4v) is 2.56. The molecule has 0 bridgehead atoms. The summed E-state index contributed by atoms with van der Waals surface area (Å²) in [6, 6.07) is 9.35. The van der Waals surface area contributed by atoms with Gasteiger partial charge in [0, 0.05) is 20.8 Å². The first kappa shape index (κ1) is 19.9. The van der Waals surface area contributed by atoms with E-state index in [9.17, 15) is 14.4 Å². The highest BCUT2D eigenvalue weighted by Crippen LogP contribution is 2.29. The number of carbonyl (C=O) groups excluding carboxylic acids is 3. The first-order valence-electron chi connectivity index (χ1n) is 8.15. The van der Waals surface area contributed by atoms with Crippen LogP contribution in [-0.4, -0.2) is 49.1 Å². The predicted octanol–water partition coefficient (Wildman–Crippen LogP) is 1.35. The molecule has 0 amide bonds. The minimum absolute atomic E-state index is 0.157. The highest BCUT2D eigenvalue weighted by Gasteiger charge is 2.50. The summed E-state index contributed by atoms with van der Waals surface area (Å²) in [6.45, 7) is 3.76. The predicted molar refractivity (Wildman–Crippen MR) is 87.6 cm³/mol. The Morgan fingerprint density at radius 1 is 0.923 bits per heavy atom. The zero-order valence-electron chi connectivity index (χ0n) is 14.9. The van der Waals surface area contributed by atoms with Crippen LogP contribution in [0.2, 0.25) is 0 Å². The summed E-state index contributed by atoms with van der Waals surface area (Å²) in [5, 5.41) is 0. The molecule has 0 saturated carbocycles. The van der Waals surface area contributed by atoms with Crippen LogP contribution in [0.1, 0.15) is 26.3 Å². The van der Waals surface area contributed by atoms with Crippen molar-refractivity contribution in [3.63, 3.8) is 0 Å². The Hall–Kier alpha value is -2.45. The summed E-state index contributed by atoms with van der Waals surface area (Å²) >= 11 is 0. The third-order valence-electron chi connectivity index (χ3n) is 3.58. The van der Waals surface area contributed by atoms with Gasteiger partial charge in [-0.3, -0.25) is 14.4 Å². The van der Waals surface area contributed by atoms with Crippen LogP contribution in [-0.2, 0) is 44.7 Å². The first-order chi connectivity index (χ1) is 12.4. The number of hydrogen-bond donors (Lipinski definition) is 0. The Bertz CT molecular complexity index is 629. The van der Waals surface area contributed by atoms with Crippen LogP contribution in [0.15, 0.2) is 30.3 Å². The molecule has 1 aliphatic heterocycles. The van der Waals surface area contributed by atoms with Crippen LogP contribution in [0.25, 0.3) is 0 Å². The van der Waals surface area contributed by atoms with Crippen molar-refractivity contribution in [2.24, 2.45) is 0 Å².